The molecule has 29 heavy (non-hydrogen) atoms. The number of benzene rings is 1. The monoisotopic (exact) mass is 474 g/mol. The summed E-state index contributed by atoms with van der Waals surface area (Å²) < 4.78 is 6.86. The van der Waals surface area contributed by atoms with E-state index >= 15 is 0 Å². The molecule has 0 saturated heterocycles. The summed E-state index contributed by atoms with van der Waals surface area (Å²) in [6.07, 6.45) is 2.94. The predicted octanol–water partition coefficient (Wildman–Crippen LogP) is 6.33. The first-order chi connectivity index (χ1) is 13.5. The van der Waals surface area contributed by atoms with Crippen LogP contribution in [0.1, 0.15) is 57.0 Å². The Labute approximate surface area is 185 Å². The molecule has 0 aliphatic heterocycles. The highest BCUT2D eigenvalue weighted by molar-refractivity contribution is 9.10. The van der Waals surface area contributed by atoms with Crippen LogP contribution in [0, 0.1) is 22.7 Å². The number of hydrogen-bond donors (Lipinski definition) is 1. The Hall–Kier alpha value is -1.84. The van der Waals surface area contributed by atoms with Crippen molar-refractivity contribution in [2.45, 2.75) is 59.5 Å². The average Bonchev–Trinajstić information content (AvgIpc) is 2.98. The molecule has 0 spiro atoms. The number of nitrogens with zero attached hydrogens (tertiary/aromatic N) is 1. The van der Waals surface area contributed by atoms with Gasteiger partial charge in [-0.1, -0.05) is 36.7 Å². The molecule has 0 unspecified atom stereocenters. The summed E-state index contributed by atoms with van der Waals surface area (Å²) in [5.74, 6) is 0.941. The van der Waals surface area contributed by atoms with Crippen molar-refractivity contribution in [3.05, 3.63) is 44.7 Å². The van der Waals surface area contributed by atoms with Gasteiger partial charge in [-0.3, -0.25) is 4.79 Å². The maximum Gasteiger partial charge on any atom is 0.268 e. The normalized spacial score (nSPS) is 16.7. The first-order valence-electron chi connectivity index (χ1n) is 9.82. The van der Waals surface area contributed by atoms with E-state index in [2.05, 4.69) is 48.1 Å². The van der Waals surface area contributed by atoms with E-state index in [0.717, 1.165) is 29.3 Å². The fourth-order valence-corrected chi connectivity index (χ4v) is 5.17. The molecule has 6 heteroatoms. The number of nitriles is 1. The van der Waals surface area contributed by atoms with Crippen LogP contribution in [-0.4, -0.2) is 11.5 Å². The van der Waals surface area contributed by atoms with Gasteiger partial charge >= 0.3 is 0 Å². The first kappa shape index (κ1) is 21.9. The molecular weight excluding hydrogens is 448 g/mol. The van der Waals surface area contributed by atoms with Crippen molar-refractivity contribution in [3.63, 3.8) is 0 Å². The van der Waals surface area contributed by atoms with Crippen LogP contribution in [0.2, 0.25) is 0 Å². The van der Waals surface area contributed by atoms with E-state index in [0.29, 0.717) is 22.2 Å². The van der Waals surface area contributed by atoms with Crippen molar-refractivity contribution >= 4 is 38.2 Å². The lowest BCUT2D eigenvalue weighted by atomic mass is 9.72. The van der Waals surface area contributed by atoms with Gasteiger partial charge in [0.1, 0.15) is 16.8 Å². The molecule has 3 rings (SSSR count). The van der Waals surface area contributed by atoms with E-state index in [4.69, 9.17) is 4.74 Å². The minimum absolute atomic E-state index is 0.235. The predicted molar refractivity (Wildman–Crippen MR) is 121 cm³/mol. The fourth-order valence-electron chi connectivity index (χ4n) is 3.63. The molecule has 0 bridgehead atoms. The molecule has 1 aromatic heterocycles. The standard InChI is InChI=1S/C23H27BrN2O2S/c1-22(2,3)14-6-11-17-18(13-25)20(29-19(17)12-14)26-21(27)23(4,5)28-16-9-7-15(24)8-10-16/h7-10,14H,6,11-12H2,1-5H3,(H,26,27)/t14-/m0/s1. The molecule has 1 amide bonds. The summed E-state index contributed by atoms with van der Waals surface area (Å²) in [6.45, 7) is 10.3. The molecule has 1 aliphatic carbocycles. The zero-order chi connectivity index (χ0) is 21.4. The van der Waals surface area contributed by atoms with Gasteiger partial charge in [0.25, 0.3) is 5.91 Å². The Bertz CT molecular complexity index is 949. The van der Waals surface area contributed by atoms with Crippen LogP contribution in [0.15, 0.2) is 28.7 Å². The topological polar surface area (TPSA) is 62.1 Å². The summed E-state index contributed by atoms with van der Waals surface area (Å²) >= 11 is 4.94. The SMILES string of the molecule is CC(C)(Oc1ccc(Br)cc1)C(=O)Nc1sc2c(c1C#N)CC[C@H](C(C)(C)C)C2. The highest BCUT2D eigenvalue weighted by atomic mass is 79.9. The van der Waals surface area contributed by atoms with Gasteiger partial charge in [-0.25, -0.2) is 0 Å². The zero-order valence-electron chi connectivity index (χ0n) is 17.6. The smallest absolute Gasteiger partial charge is 0.268 e. The summed E-state index contributed by atoms with van der Waals surface area (Å²) in [5, 5.41) is 13.3. The van der Waals surface area contributed by atoms with Crippen LogP contribution in [0.4, 0.5) is 5.00 Å². The average molecular weight is 475 g/mol. The number of anilines is 1. The van der Waals surface area contributed by atoms with Crippen LogP contribution in [0.3, 0.4) is 0 Å². The lowest BCUT2D eigenvalue weighted by Crippen LogP contribution is -2.42. The summed E-state index contributed by atoms with van der Waals surface area (Å²) in [6, 6.07) is 9.69. The number of carbonyl (C=O) groups is 1. The molecule has 1 N–H and O–H groups in total. The number of halogens is 1. The Balaban J connectivity index is 1.79. The molecule has 0 radical (unpaired) electrons. The fraction of sp³-hybridized carbons (Fsp3) is 0.478. The van der Waals surface area contributed by atoms with Crippen LogP contribution in [-0.2, 0) is 17.6 Å². The van der Waals surface area contributed by atoms with Crippen molar-refractivity contribution in [1.29, 1.82) is 5.26 Å². The summed E-state index contributed by atoms with van der Waals surface area (Å²) in [5.41, 5.74) is 0.891. The van der Waals surface area contributed by atoms with Gasteiger partial charge in [-0.15, -0.1) is 11.3 Å². The molecule has 0 fully saturated rings. The van der Waals surface area contributed by atoms with E-state index in [1.807, 2.05) is 24.3 Å². The van der Waals surface area contributed by atoms with Crippen molar-refractivity contribution in [1.82, 2.24) is 0 Å². The molecule has 154 valence electrons. The van der Waals surface area contributed by atoms with E-state index in [1.165, 1.54) is 4.88 Å². The minimum Gasteiger partial charge on any atom is -0.478 e. The maximum atomic E-state index is 13.0. The van der Waals surface area contributed by atoms with Gasteiger partial charge in [0.15, 0.2) is 5.60 Å². The van der Waals surface area contributed by atoms with Crippen LogP contribution >= 0.6 is 27.3 Å². The first-order valence-corrected chi connectivity index (χ1v) is 11.4. The number of nitrogens with one attached hydrogen (secondary N) is 1. The second kappa shape index (κ2) is 8.12. The number of thiophene rings is 1. The zero-order valence-corrected chi connectivity index (χ0v) is 20.0. The molecule has 0 saturated carbocycles. The van der Waals surface area contributed by atoms with Gasteiger partial charge in [0, 0.05) is 9.35 Å². The molecule has 2 aromatic rings. The largest absolute Gasteiger partial charge is 0.478 e. The number of fused-ring (bicyclic) bond motifs is 1. The van der Waals surface area contributed by atoms with E-state index < -0.39 is 5.60 Å². The van der Waals surface area contributed by atoms with Gasteiger partial charge in [-0.05, 0) is 74.3 Å². The lowest BCUT2D eigenvalue weighted by molar-refractivity contribution is -0.128. The van der Waals surface area contributed by atoms with Crippen molar-refractivity contribution in [2.24, 2.45) is 11.3 Å². The number of carbonyl (C=O) groups excluding carboxylic acids is 1. The van der Waals surface area contributed by atoms with E-state index in [9.17, 15) is 10.1 Å². The Morgan fingerprint density at radius 2 is 1.90 bits per heavy atom. The highest BCUT2D eigenvalue weighted by Gasteiger charge is 2.35. The summed E-state index contributed by atoms with van der Waals surface area (Å²) in [7, 11) is 0. The number of hydrogen-bond acceptors (Lipinski definition) is 4. The second-order valence-electron chi connectivity index (χ2n) is 9.15. The quantitative estimate of drug-likeness (QED) is 0.562. The number of amides is 1. The van der Waals surface area contributed by atoms with Crippen LogP contribution < -0.4 is 10.1 Å². The molecule has 1 aromatic carbocycles. The lowest BCUT2D eigenvalue weighted by Gasteiger charge is -2.33. The molecule has 1 aliphatic rings. The van der Waals surface area contributed by atoms with Gasteiger partial charge in [0.2, 0.25) is 0 Å². The van der Waals surface area contributed by atoms with Gasteiger partial charge < -0.3 is 10.1 Å². The van der Waals surface area contributed by atoms with Crippen LogP contribution in [0.25, 0.3) is 0 Å². The Kier molecular flexibility index (Phi) is 6.12. The second-order valence-corrected chi connectivity index (χ2v) is 11.2. The van der Waals surface area contributed by atoms with Gasteiger partial charge in [0.05, 0.1) is 5.56 Å². The van der Waals surface area contributed by atoms with E-state index in [1.54, 1.807) is 25.2 Å². The Morgan fingerprint density at radius 1 is 1.24 bits per heavy atom. The van der Waals surface area contributed by atoms with Gasteiger partial charge in [-0.2, -0.15) is 5.26 Å². The molecular formula is C23H27BrN2O2S. The third-order valence-electron chi connectivity index (χ3n) is 5.56. The number of ether oxygens (including phenoxy) is 1. The summed E-state index contributed by atoms with van der Waals surface area (Å²) in [4.78, 5) is 14.2. The highest BCUT2D eigenvalue weighted by Crippen LogP contribution is 2.44. The maximum absolute atomic E-state index is 13.0. The number of rotatable bonds is 4. The van der Waals surface area contributed by atoms with E-state index in [-0.39, 0.29) is 11.3 Å². The molecule has 1 heterocycles. The molecule has 1 atom stereocenters. The molecule has 4 nitrogen and oxygen atoms in total. The van der Waals surface area contributed by atoms with Crippen LogP contribution in [0.5, 0.6) is 5.75 Å². The van der Waals surface area contributed by atoms with Crippen molar-refractivity contribution in [3.8, 4) is 11.8 Å². The third-order valence-corrected chi connectivity index (χ3v) is 7.26. The minimum atomic E-state index is -1.07. The third kappa shape index (κ3) is 4.84. The van der Waals surface area contributed by atoms with Crippen molar-refractivity contribution < 1.29 is 9.53 Å². The van der Waals surface area contributed by atoms with Crippen molar-refractivity contribution in [2.75, 3.05) is 5.32 Å². The Morgan fingerprint density at radius 3 is 2.48 bits per heavy atom.